The molecule has 4 nitrogen and oxygen atoms in total. The van der Waals surface area contributed by atoms with E-state index in [9.17, 15) is 9.90 Å². The zero-order valence-electron chi connectivity index (χ0n) is 12.1. The number of aliphatic hydroxyl groups excluding tert-OH is 1. The molecule has 1 unspecified atom stereocenters. The average Bonchev–Trinajstić information content (AvgIpc) is 2.27. The number of carbonyl (C=O) groups excluding carboxylic acids is 1. The highest BCUT2D eigenvalue weighted by Gasteiger charge is 2.21. The Morgan fingerprint density at radius 3 is 2.42 bits per heavy atom. The number of carbonyl (C=O) groups is 1. The van der Waals surface area contributed by atoms with Crippen LogP contribution in [0.1, 0.15) is 26.3 Å². The van der Waals surface area contributed by atoms with Crippen molar-refractivity contribution >= 4 is 6.09 Å². The lowest BCUT2D eigenvalue weighted by Crippen LogP contribution is -2.39. The molecule has 0 aromatic heterocycles. The molecule has 0 spiro atoms. The summed E-state index contributed by atoms with van der Waals surface area (Å²) in [7, 11) is 1.63. The molecule has 0 radical (unpaired) electrons. The van der Waals surface area contributed by atoms with E-state index in [1.54, 1.807) is 7.05 Å². The Balaban J connectivity index is 2.44. The number of likely N-dealkylation sites (N-methyl/N-ethyl adjacent to an activating group) is 1. The second-order valence-corrected chi connectivity index (χ2v) is 5.70. The first-order chi connectivity index (χ1) is 8.78. The number of hydrogen-bond acceptors (Lipinski definition) is 3. The second-order valence-electron chi connectivity index (χ2n) is 5.70. The fourth-order valence-electron chi connectivity index (χ4n) is 1.68. The van der Waals surface area contributed by atoms with Crippen molar-refractivity contribution in [3.8, 4) is 0 Å². The number of nitrogens with zero attached hydrogens (tertiary/aromatic N) is 1. The van der Waals surface area contributed by atoms with Gasteiger partial charge in [0.15, 0.2) is 0 Å². The predicted octanol–water partition coefficient (Wildman–Crippen LogP) is 2.46. The fraction of sp³-hybridized carbons (Fsp3) is 0.533. The van der Waals surface area contributed by atoms with Crippen LogP contribution < -0.4 is 0 Å². The van der Waals surface area contributed by atoms with Crippen LogP contribution in [0.5, 0.6) is 0 Å². The molecule has 0 saturated heterocycles. The van der Waals surface area contributed by atoms with Crippen LogP contribution in [-0.4, -0.2) is 41.4 Å². The standard InChI is InChI=1S/C15H23NO3/c1-15(2,3)19-14(18)16(4)11-13(17)10-12-8-6-5-7-9-12/h5-9,13,17H,10-11H2,1-4H3. The van der Waals surface area contributed by atoms with Gasteiger partial charge in [-0.2, -0.15) is 0 Å². The maximum Gasteiger partial charge on any atom is 0.410 e. The summed E-state index contributed by atoms with van der Waals surface area (Å²) < 4.78 is 5.23. The van der Waals surface area contributed by atoms with E-state index in [2.05, 4.69) is 0 Å². The summed E-state index contributed by atoms with van der Waals surface area (Å²) in [4.78, 5) is 13.1. The zero-order valence-corrected chi connectivity index (χ0v) is 12.1. The summed E-state index contributed by atoms with van der Waals surface area (Å²) in [6.07, 6.45) is -0.493. The van der Waals surface area contributed by atoms with Crippen molar-refractivity contribution in [1.29, 1.82) is 0 Å². The molecule has 1 atom stereocenters. The van der Waals surface area contributed by atoms with Crippen molar-refractivity contribution in [1.82, 2.24) is 4.90 Å². The Bertz CT molecular complexity index is 398. The quantitative estimate of drug-likeness (QED) is 0.909. The Morgan fingerprint density at radius 2 is 1.89 bits per heavy atom. The van der Waals surface area contributed by atoms with Crippen LogP contribution in [0.2, 0.25) is 0 Å². The molecule has 0 bridgehead atoms. The minimum absolute atomic E-state index is 0.254. The maximum absolute atomic E-state index is 11.7. The Morgan fingerprint density at radius 1 is 1.32 bits per heavy atom. The van der Waals surface area contributed by atoms with Crippen LogP contribution >= 0.6 is 0 Å². The van der Waals surface area contributed by atoms with Gasteiger partial charge >= 0.3 is 6.09 Å². The van der Waals surface area contributed by atoms with E-state index in [1.165, 1.54) is 4.90 Å². The number of benzene rings is 1. The molecule has 0 aliphatic rings. The third kappa shape index (κ3) is 6.25. The molecule has 19 heavy (non-hydrogen) atoms. The molecule has 0 aliphatic heterocycles. The largest absolute Gasteiger partial charge is 0.444 e. The van der Waals surface area contributed by atoms with Crippen molar-refractivity contribution in [3.63, 3.8) is 0 Å². The first-order valence-corrected chi connectivity index (χ1v) is 6.44. The van der Waals surface area contributed by atoms with Crippen LogP contribution in [0.15, 0.2) is 30.3 Å². The lowest BCUT2D eigenvalue weighted by molar-refractivity contribution is 0.0207. The van der Waals surface area contributed by atoms with Gasteiger partial charge < -0.3 is 14.7 Å². The molecule has 0 fully saturated rings. The predicted molar refractivity (Wildman–Crippen MR) is 75.0 cm³/mol. The monoisotopic (exact) mass is 265 g/mol. The number of rotatable bonds is 4. The molecule has 0 heterocycles. The highest BCUT2D eigenvalue weighted by molar-refractivity contribution is 5.67. The molecule has 1 amide bonds. The van der Waals surface area contributed by atoms with Crippen LogP contribution in [0.25, 0.3) is 0 Å². The van der Waals surface area contributed by atoms with E-state index in [1.807, 2.05) is 51.1 Å². The number of ether oxygens (including phenoxy) is 1. The van der Waals surface area contributed by atoms with Gasteiger partial charge in [0.2, 0.25) is 0 Å². The molecular weight excluding hydrogens is 242 g/mol. The SMILES string of the molecule is CN(CC(O)Cc1ccccc1)C(=O)OC(C)(C)C. The molecule has 0 aliphatic carbocycles. The molecule has 0 saturated carbocycles. The van der Waals surface area contributed by atoms with E-state index in [-0.39, 0.29) is 6.54 Å². The molecule has 1 rings (SSSR count). The molecule has 106 valence electrons. The van der Waals surface area contributed by atoms with Gasteiger partial charge in [0.25, 0.3) is 0 Å². The van der Waals surface area contributed by atoms with Gasteiger partial charge in [0.05, 0.1) is 6.10 Å². The van der Waals surface area contributed by atoms with E-state index < -0.39 is 17.8 Å². The Hall–Kier alpha value is -1.55. The number of aliphatic hydroxyl groups is 1. The number of hydrogen-bond donors (Lipinski definition) is 1. The van der Waals surface area contributed by atoms with Gasteiger partial charge in [-0.25, -0.2) is 4.79 Å². The lowest BCUT2D eigenvalue weighted by Gasteiger charge is -2.26. The highest BCUT2D eigenvalue weighted by Crippen LogP contribution is 2.10. The van der Waals surface area contributed by atoms with Crippen molar-refractivity contribution < 1.29 is 14.6 Å². The summed E-state index contributed by atoms with van der Waals surface area (Å²) in [6.45, 7) is 5.71. The minimum atomic E-state index is -0.597. The van der Waals surface area contributed by atoms with Gasteiger partial charge in [-0.3, -0.25) is 0 Å². The summed E-state index contributed by atoms with van der Waals surface area (Å²) in [5.74, 6) is 0. The van der Waals surface area contributed by atoms with Gasteiger partial charge in [-0.05, 0) is 26.3 Å². The van der Waals surface area contributed by atoms with Crippen molar-refractivity contribution in [2.45, 2.75) is 38.9 Å². The molecule has 1 aromatic carbocycles. The molecular formula is C15H23NO3. The van der Waals surface area contributed by atoms with Gasteiger partial charge in [0, 0.05) is 20.0 Å². The normalized spacial score (nSPS) is 12.9. The van der Waals surface area contributed by atoms with E-state index >= 15 is 0 Å². The third-order valence-corrected chi connectivity index (χ3v) is 2.50. The summed E-state index contributed by atoms with van der Waals surface area (Å²) >= 11 is 0. The van der Waals surface area contributed by atoms with Crippen LogP contribution in [0, 0.1) is 0 Å². The zero-order chi connectivity index (χ0) is 14.5. The van der Waals surface area contributed by atoms with Gasteiger partial charge in [-0.1, -0.05) is 30.3 Å². The lowest BCUT2D eigenvalue weighted by atomic mass is 10.1. The van der Waals surface area contributed by atoms with E-state index in [0.717, 1.165) is 5.56 Å². The molecule has 1 aromatic rings. The van der Waals surface area contributed by atoms with Crippen molar-refractivity contribution in [3.05, 3.63) is 35.9 Å². The van der Waals surface area contributed by atoms with Crippen molar-refractivity contribution in [2.24, 2.45) is 0 Å². The first kappa shape index (κ1) is 15.5. The third-order valence-electron chi connectivity index (χ3n) is 2.50. The molecule has 1 N–H and O–H groups in total. The smallest absolute Gasteiger partial charge is 0.410 e. The van der Waals surface area contributed by atoms with Crippen molar-refractivity contribution in [2.75, 3.05) is 13.6 Å². The second kappa shape index (κ2) is 6.57. The maximum atomic E-state index is 11.7. The van der Waals surface area contributed by atoms with E-state index in [4.69, 9.17) is 4.74 Å². The first-order valence-electron chi connectivity index (χ1n) is 6.44. The van der Waals surface area contributed by atoms with Gasteiger partial charge in [0.1, 0.15) is 5.60 Å². The Kier molecular flexibility index (Phi) is 5.36. The minimum Gasteiger partial charge on any atom is -0.444 e. The Labute approximate surface area is 115 Å². The fourth-order valence-corrected chi connectivity index (χ4v) is 1.68. The topological polar surface area (TPSA) is 49.8 Å². The van der Waals surface area contributed by atoms with Crippen LogP contribution in [-0.2, 0) is 11.2 Å². The summed E-state index contributed by atoms with van der Waals surface area (Å²) in [5.41, 5.74) is 0.531. The summed E-state index contributed by atoms with van der Waals surface area (Å²) in [6, 6.07) is 9.70. The molecule has 4 heteroatoms. The summed E-state index contributed by atoms with van der Waals surface area (Å²) in [5, 5.41) is 9.97. The highest BCUT2D eigenvalue weighted by atomic mass is 16.6. The van der Waals surface area contributed by atoms with Crippen LogP contribution in [0.3, 0.4) is 0 Å². The van der Waals surface area contributed by atoms with Crippen LogP contribution in [0.4, 0.5) is 4.79 Å². The van der Waals surface area contributed by atoms with E-state index in [0.29, 0.717) is 6.42 Å². The van der Waals surface area contributed by atoms with Gasteiger partial charge in [-0.15, -0.1) is 0 Å². The average molecular weight is 265 g/mol. The number of amides is 1.